The van der Waals surface area contributed by atoms with Crippen LogP contribution in [0.4, 0.5) is 0 Å². The maximum absolute atomic E-state index is 3.57. The van der Waals surface area contributed by atoms with Crippen LogP contribution in [0.25, 0.3) is 0 Å². The highest BCUT2D eigenvalue weighted by Gasteiger charge is 2.32. The van der Waals surface area contributed by atoms with E-state index in [1.807, 2.05) is 0 Å². The van der Waals surface area contributed by atoms with Gasteiger partial charge >= 0.3 is 0 Å². The lowest BCUT2D eigenvalue weighted by Gasteiger charge is -2.40. The van der Waals surface area contributed by atoms with Gasteiger partial charge in [0.15, 0.2) is 0 Å². The fraction of sp³-hybridized carbons (Fsp3) is 1.00. The lowest BCUT2D eigenvalue weighted by Crippen LogP contribution is -2.46. The summed E-state index contributed by atoms with van der Waals surface area (Å²) in [4.78, 5) is 2.59. The molecule has 0 aromatic rings. The molecule has 4 unspecified atom stereocenters. The molecule has 1 saturated carbocycles. The van der Waals surface area contributed by atoms with Gasteiger partial charge in [-0.05, 0) is 70.4 Å². The van der Waals surface area contributed by atoms with Crippen molar-refractivity contribution >= 4 is 0 Å². The van der Waals surface area contributed by atoms with Crippen LogP contribution in [0.3, 0.4) is 0 Å². The molecule has 2 nitrogen and oxygen atoms in total. The van der Waals surface area contributed by atoms with E-state index in [2.05, 4.69) is 58.9 Å². The van der Waals surface area contributed by atoms with E-state index < -0.39 is 0 Å². The summed E-state index contributed by atoms with van der Waals surface area (Å²) in [5.41, 5.74) is 0. The van der Waals surface area contributed by atoms with Gasteiger partial charge in [0.1, 0.15) is 0 Å². The third-order valence-electron chi connectivity index (χ3n) is 5.42. The van der Waals surface area contributed by atoms with E-state index >= 15 is 0 Å². The van der Waals surface area contributed by atoms with Gasteiger partial charge in [-0.2, -0.15) is 0 Å². The van der Waals surface area contributed by atoms with E-state index in [4.69, 9.17) is 0 Å². The molecule has 1 fully saturated rings. The summed E-state index contributed by atoms with van der Waals surface area (Å²) >= 11 is 0. The Labute approximate surface area is 127 Å². The molecule has 0 spiro atoms. The largest absolute Gasteiger partial charge is 0.317 e. The molecule has 0 aromatic heterocycles. The maximum Gasteiger partial charge on any atom is 0.0105 e. The van der Waals surface area contributed by atoms with Crippen LogP contribution in [0, 0.1) is 23.7 Å². The third-order valence-corrected chi connectivity index (χ3v) is 5.42. The van der Waals surface area contributed by atoms with Gasteiger partial charge in [0, 0.05) is 18.6 Å². The molecule has 0 radical (unpaired) electrons. The molecule has 0 heterocycles. The van der Waals surface area contributed by atoms with Gasteiger partial charge in [-0.25, -0.2) is 0 Å². The Bertz CT molecular complexity index is 262. The molecule has 0 amide bonds. The minimum atomic E-state index is 0.701. The van der Waals surface area contributed by atoms with E-state index in [0.29, 0.717) is 6.04 Å². The fourth-order valence-electron chi connectivity index (χ4n) is 3.90. The Hall–Kier alpha value is -0.0800. The SMILES string of the molecule is CNC1CCC(C(C)C)CC1CN(C)C(C)CC(C)C. The Morgan fingerprint density at radius 2 is 1.75 bits per heavy atom. The van der Waals surface area contributed by atoms with Crippen molar-refractivity contribution < 1.29 is 0 Å². The van der Waals surface area contributed by atoms with Crippen LogP contribution in [0.1, 0.15) is 60.3 Å². The molecule has 1 aliphatic rings. The first kappa shape index (κ1) is 18.0. The van der Waals surface area contributed by atoms with Gasteiger partial charge < -0.3 is 10.2 Å². The second kappa shape index (κ2) is 8.38. The van der Waals surface area contributed by atoms with Crippen molar-refractivity contribution in [3.63, 3.8) is 0 Å². The van der Waals surface area contributed by atoms with Crippen LogP contribution >= 0.6 is 0 Å². The number of hydrogen-bond acceptors (Lipinski definition) is 2. The summed E-state index contributed by atoms with van der Waals surface area (Å²) in [5.74, 6) is 3.38. The zero-order valence-corrected chi connectivity index (χ0v) is 14.9. The van der Waals surface area contributed by atoms with Gasteiger partial charge in [-0.1, -0.05) is 27.7 Å². The van der Waals surface area contributed by atoms with Gasteiger partial charge in [0.05, 0.1) is 0 Å². The average Bonchev–Trinajstić information content (AvgIpc) is 2.37. The van der Waals surface area contributed by atoms with Crippen LogP contribution < -0.4 is 5.32 Å². The first-order valence-corrected chi connectivity index (χ1v) is 8.72. The molecule has 0 bridgehead atoms. The van der Waals surface area contributed by atoms with Crippen molar-refractivity contribution in [3.8, 4) is 0 Å². The average molecular weight is 283 g/mol. The van der Waals surface area contributed by atoms with E-state index in [1.165, 1.54) is 32.2 Å². The lowest BCUT2D eigenvalue weighted by molar-refractivity contribution is 0.115. The maximum atomic E-state index is 3.57. The standard InChI is InChI=1S/C18H38N2/c1-13(2)10-15(5)20(7)12-17-11-16(14(3)4)8-9-18(17)19-6/h13-19H,8-12H2,1-7H3. The predicted octanol–water partition coefficient (Wildman–Crippen LogP) is 4.01. The second-order valence-electron chi connectivity index (χ2n) is 7.89. The summed E-state index contributed by atoms with van der Waals surface area (Å²) in [6.07, 6.45) is 5.48. The number of rotatable bonds is 7. The first-order chi connectivity index (χ1) is 9.35. The summed E-state index contributed by atoms with van der Waals surface area (Å²) in [6, 6.07) is 1.42. The Morgan fingerprint density at radius 1 is 1.10 bits per heavy atom. The zero-order valence-electron chi connectivity index (χ0n) is 14.9. The van der Waals surface area contributed by atoms with Crippen molar-refractivity contribution in [2.75, 3.05) is 20.6 Å². The topological polar surface area (TPSA) is 15.3 Å². The highest BCUT2D eigenvalue weighted by molar-refractivity contribution is 4.87. The molecule has 20 heavy (non-hydrogen) atoms. The minimum Gasteiger partial charge on any atom is -0.317 e. The second-order valence-corrected chi connectivity index (χ2v) is 7.89. The minimum absolute atomic E-state index is 0.701. The fourth-order valence-corrected chi connectivity index (χ4v) is 3.90. The molecule has 0 aromatic carbocycles. The molecular formula is C18H38N2. The van der Waals surface area contributed by atoms with Crippen LogP contribution in [-0.2, 0) is 0 Å². The normalized spacial score (nSPS) is 29.4. The van der Waals surface area contributed by atoms with Gasteiger partial charge in [0.25, 0.3) is 0 Å². The molecule has 1 rings (SSSR count). The van der Waals surface area contributed by atoms with Crippen LogP contribution in [0.2, 0.25) is 0 Å². The zero-order chi connectivity index (χ0) is 15.3. The molecule has 2 heteroatoms. The highest BCUT2D eigenvalue weighted by Crippen LogP contribution is 2.34. The van der Waals surface area contributed by atoms with Gasteiger partial charge in [-0.15, -0.1) is 0 Å². The van der Waals surface area contributed by atoms with Crippen molar-refractivity contribution in [3.05, 3.63) is 0 Å². The van der Waals surface area contributed by atoms with Crippen molar-refractivity contribution in [2.45, 2.75) is 72.4 Å². The molecule has 1 aliphatic carbocycles. The predicted molar refractivity (Wildman–Crippen MR) is 90.1 cm³/mol. The molecular weight excluding hydrogens is 244 g/mol. The quantitative estimate of drug-likeness (QED) is 0.759. The number of nitrogens with zero attached hydrogens (tertiary/aromatic N) is 1. The first-order valence-electron chi connectivity index (χ1n) is 8.72. The van der Waals surface area contributed by atoms with Crippen LogP contribution in [0.15, 0.2) is 0 Å². The van der Waals surface area contributed by atoms with E-state index in [0.717, 1.165) is 29.7 Å². The van der Waals surface area contributed by atoms with E-state index in [9.17, 15) is 0 Å². The molecule has 4 atom stereocenters. The Morgan fingerprint density at radius 3 is 2.25 bits per heavy atom. The van der Waals surface area contributed by atoms with Gasteiger partial charge in [-0.3, -0.25) is 0 Å². The van der Waals surface area contributed by atoms with Crippen molar-refractivity contribution in [2.24, 2.45) is 23.7 Å². The van der Waals surface area contributed by atoms with Crippen molar-refractivity contribution in [1.29, 1.82) is 0 Å². The van der Waals surface area contributed by atoms with E-state index in [-0.39, 0.29) is 0 Å². The summed E-state index contributed by atoms with van der Waals surface area (Å²) in [7, 11) is 4.46. The summed E-state index contributed by atoms with van der Waals surface area (Å²) < 4.78 is 0. The molecule has 0 aliphatic heterocycles. The third kappa shape index (κ3) is 5.37. The Balaban J connectivity index is 2.56. The Kier molecular flexibility index (Phi) is 7.53. The van der Waals surface area contributed by atoms with Crippen LogP contribution in [-0.4, -0.2) is 37.6 Å². The number of hydrogen-bond donors (Lipinski definition) is 1. The molecule has 1 N–H and O–H groups in total. The molecule has 0 saturated heterocycles. The monoisotopic (exact) mass is 282 g/mol. The van der Waals surface area contributed by atoms with Crippen molar-refractivity contribution in [1.82, 2.24) is 10.2 Å². The van der Waals surface area contributed by atoms with Gasteiger partial charge in [0.2, 0.25) is 0 Å². The van der Waals surface area contributed by atoms with E-state index in [1.54, 1.807) is 0 Å². The summed E-state index contributed by atoms with van der Waals surface area (Å²) in [5, 5.41) is 3.57. The smallest absolute Gasteiger partial charge is 0.0105 e. The highest BCUT2D eigenvalue weighted by atomic mass is 15.1. The number of nitrogens with one attached hydrogen (secondary N) is 1. The lowest BCUT2D eigenvalue weighted by atomic mass is 9.73. The summed E-state index contributed by atoms with van der Waals surface area (Å²) in [6.45, 7) is 13.1. The molecule has 120 valence electrons. The van der Waals surface area contributed by atoms with Crippen LogP contribution in [0.5, 0.6) is 0 Å².